The Morgan fingerprint density at radius 1 is 1.09 bits per heavy atom. The van der Waals surface area contributed by atoms with Gasteiger partial charge in [-0.05, 0) is 61.1 Å². The van der Waals surface area contributed by atoms with E-state index in [1.54, 1.807) is 11.0 Å². The molecule has 0 bridgehead atoms. The van der Waals surface area contributed by atoms with E-state index in [9.17, 15) is 14.7 Å². The van der Waals surface area contributed by atoms with Crippen molar-refractivity contribution in [2.75, 3.05) is 0 Å². The van der Waals surface area contributed by atoms with E-state index in [0.717, 1.165) is 55.4 Å². The Kier molecular flexibility index (Phi) is 5.28. The van der Waals surface area contributed by atoms with Gasteiger partial charge < -0.3 is 14.7 Å². The number of carbonyl (C=O) groups is 2. The van der Waals surface area contributed by atoms with Crippen LogP contribution < -0.4 is 4.74 Å². The summed E-state index contributed by atoms with van der Waals surface area (Å²) in [5.41, 5.74) is 3.82. The van der Waals surface area contributed by atoms with Crippen molar-refractivity contribution in [1.29, 1.82) is 0 Å². The molecule has 1 saturated carbocycles. The number of carbonyl (C=O) groups excluding carboxylic acids is 2. The summed E-state index contributed by atoms with van der Waals surface area (Å²) in [6.07, 6.45) is 5.66. The number of ketones is 1. The molecule has 2 heterocycles. The highest BCUT2D eigenvalue weighted by atomic mass is 16.5. The highest BCUT2D eigenvalue weighted by Crippen LogP contribution is 2.44. The predicted molar refractivity (Wildman–Crippen MR) is 122 cm³/mol. The van der Waals surface area contributed by atoms with Crippen molar-refractivity contribution >= 4 is 17.4 Å². The van der Waals surface area contributed by atoms with E-state index in [4.69, 9.17) is 4.74 Å². The Balaban J connectivity index is 1.63. The summed E-state index contributed by atoms with van der Waals surface area (Å²) in [6, 6.07) is 13.0. The molecule has 2 aromatic rings. The molecule has 2 unspecified atom stereocenters. The second-order valence-corrected chi connectivity index (χ2v) is 9.19. The van der Waals surface area contributed by atoms with Gasteiger partial charge in [0, 0.05) is 18.0 Å². The van der Waals surface area contributed by atoms with Crippen molar-refractivity contribution < 1.29 is 19.4 Å². The predicted octanol–water partition coefficient (Wildman–Crippen LogP) is 4.94. The monoisotopic (exact) mass is 431 g/mol. The first-order valence-electron chi connectivity index (χ1n) is 11.7. The maximum atomic E-state index is 13.2. The summed E-state index contributed by atoms with van der Waals surface area (Å²) in [4.78, 5) is 28.2. The number of ether oxygens (including phenoxy) is 1. The molecule has 1 N–H and O–H groups in total. The topological polar surface area (TPSA) is 66.8 Å². The first-order chi connectivity index (χ1) is 15.5. The molecule has 1 aliphatic carbocycles. The number of aliphatic hydroxyl groups excluding tert-OH is 1. The van der Waals surface area contributed by atoms with Gasteiger partial charge in [-0.25, -0.2) is 0 Å². The zero-order valence-electron chi connectivity index (χ0n) is 18.6. The van der Waals surface area contributed by atoms with Crippen molar-refractivity contribution in [3.8, 4) is 5.75 Å². The van der Waals surface area contributed by atoms with Gasteiger partial charge in [0.05, 0.1) is 11.6 Å². The Hall–Kier alpha value is -3.08. The molecule has 2 aromatic carbocycles. The second-order valence-electron chi connectivity index (χ2n) is 9.19. The number of rotatable bonds is 4. The quantitative estimate of drug-likeness (QED) is 0.423. The average Bonchev–Trinajstić information content (AvgIpc) is 3.51. The molecule has 2 fully saturated rings. The van der Waals surface area contributed by atoms with Crippen molar-refractivity contribution in [3.63, 3.8) is 0 Å². The number of likely N-dealkylation sites (tertiary alicyclic amines) is 1. The van der Waals surface area contributed by atoms with E-state index < -0.39 is 17.7 Å². The lowest BCUT2D eigenvalue weighted by Crippen LogP contribution is -2.37. The molecule has 1 amide bonds. The van der Waals surface area contributed by atoms with Crippen molar-refractivity contribution in [2.45, 2.75) is 70.6 Å². The van der Waals surface area contributed by atoms with Crippen LogP contribution in [0.2, 0.25) is 0 Å². The number of aliphatic hydroxyl groups is 1. The van der Waals surface area contributed by atoms with E-state index in [0.29, 0.717) is 5.56 Å². The summed E-state index contributed by atoms with van der Waals surface area (Å²) in [6.45, 7) is 4.10. The number of nitrogens with zero attached hydrogens (tertiary/aromatic N) is 1. The molecule has 0 radical (unpaired) electrons. The van der Waals surface area contributed by atoms with Crippen LogP contribution in [-0.2, 0) is 22.4 Å². The molecule has 5 heteroatoms. The fourth-order valence-corrected chi connectivity index (χ4v) is 5.40. The number of fused-ring (bicyclic) bond motifs is 1. The Bertz CT molecular complexity index is 1100. The second kappa shape index (κ2) is 8.12. The van der Waals surface area contributed by atoms with Gasteiger partial charge in [-0.15, -0.1) is 0 Å². The van der Waals surface area contributed by atoms with Crippen LogP contribution in [-0.4, -0.2) is 33.8 Å². The Labute approximate surface area is 188 Å². The minimum atomic E-state index is -0.593. The van der Waals surface area contributed by atoms with Gasteiger partial charge >= 0.3 is 0 Å². The molecule has 5 nitrogen and oxygen atoms in total. The van der Waals surface area contributed by atoms with E-state index >= 15 is 0 Å². The summed E-state index contributed by atoms with van der Waals surface area (Å²) in [5.74, 6) is -0.381. The molecule has 0 spiro atoms. The molecule has 5 rings (SSSR count). The molecule has 0 aromatic heterocycles. The number of Topliss-reactive ketones (excluding diaryl/α,β-unsaturated/α-hetero) is 1. The fraction of sp³-hybridized carbons (Fsp3) is 0.407. The number of aryl methyl sites for hydroxylation is 1. The zero-order chi connectivity index (χ0) is 22.4. The average molecular weight is 432 g/mol. The van der Waals surface area contributed by atoms with Crippen molar-refractivity contribution in [2.24, 2.45) is 0 Å². The van der Waals surface area contributed by atoms with E-state index in [-0.39, 0.29) is 23.5 Å². The number of amides is 1. The Morgan fingerprint density at radius 2 is 1.81 bits per heavy atom. The zero-order valence-corrected chi connectivity index (χ0v) is 18.6. The molecule has 2 aliphatic heterocycles. The number of hydrogen-bond donors (Lipinski definition) is 1. The maximum absolute atomic E-state index is 13.2. The van der Waals surface area contributed by atoms with Crippen LogP contribution in [0.25, 0.3) is 5.76 Å². The molecule has 2 atom stereocenters. The third-order valence-corrected chi connectivity index (χ3v) is 7.07. The van der Waals surface area contributed by atoms with E-state index in [2.05, 4.69) is 6.92 Å². The van der Waals surface area contributed by atoms with Crippen LogP contribution in [0, 0.1) is 0 Å². The summed E-state index contributed by atoms with van der Waals surface area (Å²) in [7, 11) is 0. The fourth-order valence-electron chi connectivity index (χ4n) is 5.40. The third-order valence-electron chi connectivity index (χ3n) is 7.07. The van der Waals surface area contributed by atoms with Crippen LogP contribution in [0.15, 0.2) is 48.0 Å². The van der Waals surface area contributed by atoms with Crippen LogP contribution in [0.4, 0.5) is 0 Å². The van der Waals surface area contributed by atoms with Gasteiger partial charge in [-0.3, -0.25) is 9.59 Å². The molecular weight excluding hydrogens is 402 g/mol. The van der Waals surface area contributed by atoms with Crippen molar-refractivity contribution in [1.82, 2.24) is 4.90 Å². The molecule has 32 heavy (non-hydrogen) atoms. The van der Waals surface area contributed by atoms with Gasteiger partial charge in [-0.2, -0.15) is 0 Å². The van der Waals surface area contributed by atoms with Gasteiger partial charge in [0.25, 0.3) is 11.7 Å². The summed E-state index contributed by atoms with van der Waals surface area (Å²) < 4.78 is 5.78. The van der Waals surface area contributed by atoms with Crippen LogP contribution >= 0.6 is 0 Å². The minimum absolute atomic E-state index is 0.0295. The van der Waals surface area contributed by atoms with E-state index in [1.807, 2.05) is 43.3 Å². The van der Waals surface area contributed by atoms with Crippen molar-refractivity contribution in [3.05, 3.63) is 70.3 Å². The minimum Gasteiger partial charge on any atom is -0.507 e. The lowest BCUT2D eigenvalue weighted by molar-refractivity contribution is -0.141. The number of hydrogen-bond acceptors (Lipinski definition) is 4. The normalized spacial score (nSPS) is 24.8. The number of benzene rings is 2. The maximum Gasteiger partial charge on any atom is 0.295 e. The van der Waals surface area contributed by atoms with Gasteiger partial charge in [0.1, 0.15) is 17.6 Å². The molecule has 1 saturated heterocycles. The third kappa shape index (κ3) is 3.40. The standard InChI is InChI=1S/C27H29NO4/c1-3-17-8-10-18(11-9-17)24-23(26(30)27(31)28(24)21-6-4-5-7-21)25(29)19-12-13-22-20(15-19)14-16(2)32-22/h8-13,15-16,21,24,29H,3-7,14H2,1-2H3/b25-23-. The lowest BCUT2D eigenvalue weighted by atomic mass is 9.93. The summed E-state index contributed by atoms with van der Waals surface area (Å²) in [5, 5.41) is 11.3. The van der Waals surface area contributed by atoms with Crippen LogP contribution in [0.1, 0.15) is 67.8 Å². The van der Waals surface area contributed by atoms with Crippen LogP contribution in [0.5, 0.6) is 5.75 Å². The highest BCUT2D eigenvalue weighted by molar-refractivity contribution is 6.46. The molecule has 3 aliphatic rings. The smallest absolute Gasteiger partial charge is 0.295 e. The highest BCUT2D eigenvalue weighted by Gasteiger charge is 2.49. The van der Waals surface area contributed by atoms with Gasteiger partial charge in [0.15, 0.2) is 0 Å². The van der Waals surface area contributed by atoms with Gasteiger partial charge in [0.2, 0.25) is 0 Å². The molecular formula is C27H29NO4. The first kappa shape index (κ1) is 20.8. The van der Waals surface area contributed by atoms with E-state index in [1.165, 1.54) is 5.56 Å². The first-order valence-corrected chi connectivity index (χ1v) is 11.7. The Morgan fingerprint density at radius 3 is 2.50 bits per heavy atom. The SMILES string of the molecule is CCc1ccc(C2/C(=C(/O)c3ccc4c(c3)CC(C)O4)C(=O)C(=O)N2C2CCCC2)cc1. The lowest BCUT2D eigenvalue weighted by Gasteiger charge is -2.30. The van der Waals surface area contributed by atoms with Crippen LogP contribution in [0.3, 0.4) is 0 Å². The summed E-state index contributed by atoms with van der Waals surface area (Å²) >= 11 is 0. The van der Waals surface area contributed by atoms with Gasteiger partial charge in [-0.1, -0.05) is 44.0 Å². The molecule has 166 valence electrons. The largest absolute Gasteiger partial charge is 0.507 e.